The van der Waals surface area contributed by atoms with Gasteiger partial charge in [-0.2, -0.15) is 0 Å². The van der Waals surface area contributed by atoms with Gasteiger partial charge in [-0.05, 0) is 30.5 Å². The van der Waals surface area contributed by atoms with Crippen LogP contribution in [0.4, 0.5) is 0 Å². The van der Waals surface area contributed by atoms with Crippen LogP contribution in [0.5, 0.6) is 5.75 Å². The lowest BCUT2D eigenvalue weighted by atomic mass is 9.95. The first-order chi connectivity index (χ1) is 8.74. The highest BCUT2D eigenvalue weighted by Crippen LogP contribution is 2.34. The van der Waals surface area contributed by atoms with Crippen molar-refractivity contribution in [2.45, 2.75) is 38.5 Å². The van der Waals surface area contributed by atoms with Crippen molar-refractivity contribution in [2.75, 3.05) is 6.61 Å². The summed E-state index contributed by atoms with van der Waals surface area (Å²) in [7, 11) is 0. The third-order valence-electron chi connectivity index (χ3n) is 4.00. The van der Waals surface area contributed by atoms with E-state index in [1.165, 1.54) is 12.8 Å². The Morgan fingerprint density at radius 2 is 2.11 bits per heavy atom. The molecule has 0 atom stereocenters. The predicted octanol–water partition coefficient (Wildman–Crippen LogP) is 3.58. The second-order valence-corrected chi connectivity index (χ2v) is 5.71. The number of carbonyl (C=O) groups is 1. The Balaban J connectivity index is 1.82. The second kappa shape index (κ2) is 4.93. The van der Waals surface area contributed by atoms with Crippen LogP contribution in [0.1, 0.15) is 36.8 Å². The number of benzene rings is 1. The molecule has 96 valence electrons. The number of hydrogen-bond acceptors (Lipinski definition) is 2. The van der Waals surface area contributed by atoms with Crippen molar-refractivity contribution in [3.05, 3.63) is 28.3 Å². The molecule has 3 rings (SSSR count). The van der Waals surface area contributed by atoms with Crippen LogP contribution in [0, 0.1) is 5.92 Å². The number of hydrogen-bond donors (Lipinski definition) is 0. The lowest BCUT2D eigenvalue weighted by Gasteiger charge is -2.11. The minimum Gasteiger partial charge on any atom is -0.493 e. The summed E-state index contributed by atoms with van der Waals surface area (Å²) in [5.74, 6) is 1.53. The van der Waals surface area contributed by atoms with Crippen LogP contribution in [0.15, 0.2) is 12.1 Å². The maximum Gasteiger partial charge on any atom is 0.140 e. The van der Waals surface area contributed by atoms with Gasteiger partial charge in [0.1, 0.15) is 11.5 Å². The van der Waals surface area contributed by atoms with Crippen molar-refractivity contribution in [3.63, 3.8) is 0 Å². The summed E-state index contributed by atoms with van der Waals surface area (Å²) < 4.78 is 5.64. The minimum atomic E-state index is 0.265. The Morgan fingerprint density at radius 3 is 2.89 bits per heavy atom. The first-order valence-electron chi connectivity index (χ1n) is 6.71. The maximum absolute atomic E-state index is 12.2. The normalized spacial score (nSPS) is 18.7. The molecule has 2 nitrogen and oxygen atoms in total. The summed E-state index contributed by atoms with van der Waals surface area (Å²) >= 11 is 6.10. The van der Waals surface area contributed by atoms with E-state index in [9.17, 15) is 4.79 Å². The molecule has 0 spiro atoms. The Labute approximate surface area is 112 Å². The lowest BCUT2D eigenvalue weighted by Crippen LogP contribution is -2.14. The SMILES string of the molecule is O=C(Cc1cc(Cl)cc2c1OCC2)C1CCCC1. The number of rotatable bonds is 3. The molecule has 1 aromatic rings. The van der Waals surface area contributed by atoms with E-state index in [1.54, 1.807) is 0 Å². The van der Waals surface area contributed by atoms with E-state index in [-0.39, 0.29) is 5.92 Å². The molecule has 1 heterocycles. The van der Waals surface area contributed by atoms with Crippen LogP contribution in [-0.4, -0.2) is 12.4 Å². The molecule has 18 heavy (non-hydrogen) atoms. The van der Waals surface area contributed by atoms with Gasteiger partial charge >= 0.3 is 0 Å². The van der Waals surface area contributed by atoms with Crippen LogP contribution in [0.25, 0.3) is 0 Å². The minimum absolute atomic E-state index is 0.265. The fraction of sp³-hybridized carbons (Fsp3) is 0.533. The first kappa shape index (κ1) is 12.0. The number of ketones is 1. The van der Waals surface area contributed by atoms with Gasteiger partial charge in [-0.25, -0.2) is 0 Å². The summed E-state index contributed by atoms with van der Waals surface area (Å²) in [6.45, 7) is 0.709. The molecule has 0 aromatic heterocycles. The Kier molecular flexibility index (Phi) is 3.29. The fourth-order valence-electron chi connectivity index (χ4n) is 3.06. The summed E-state index contributed by atoms with van der Waals surface area (Å²) in [5, 5.41) is 0.716. The van der Waals surface area contributed by atoms with Gasteiger partial charge in [0, 0.05) is 29.3 Å². The number of halogens is 1. The van der Waals surface area contributed by atoms with Gasteiger partial charge in [0.05, 0.1) is 6.61 Å². The summed E-state index contributed by atoms with van der Waals surface area (Å²) in [4.78, 5) is 12.2. The standard InChI is InChI=1S/C15H17ClO2/c16-13-7-11-5-6-18-15(11)12(8-13)9-14(17)10-3-1-2-4-10/h7-8,10H,1-6,9H2. The van der Waals surface area contributed by atoms with Gasteiger partial charge in [0.15, 0.2) is 0 Å². The quantitative estimate of drug-likeness (QED) is 0.834. The molecule has 1 aliphatic carbocycles. The summed E-state index contributed by atoms with van der Waals surface area (Å²) in [6.07, 6.45) is 5.89. The highest BCUT2D eigenvalue weighted by atomic mass is 35.5. The number of carbonyl (C=O) groups excluding carboxylic acids is 1. The lowest BCUT2D eigenvalue weighted by molar-refractivity contribution is -0.122. The van der Waals surface area contributed by atoms with E-state index in [0.717, 1.165) is 36.1 Å². The first-order valence-corrected chi connectivity index (χ1v) is 7.08. The highest BCUT2D eigenvalue weighted by Gasteiger charge is 2.25. The van der Waals surface area contributed by atoms with Gasteiger partial charge in [-0.15, -0.1) is 0 Å². The zero-order chi connectivity index (χ0) is 12.5. The van der Waals surface area contributed by atoms with E-state index >= 15 is 0 Å². The summed E-state index contributed by atoms with van der Waals surface area (Å²) in [6, 6.07) is 3.84. The molecule has 0 N–H and O–H groups in total. The second-order valence-electron chi connectivity index (χ2n) is 5.28. The zero-order valence-corrected chi connectivity index (χ0v) is 11.1. The van der Waals surface area contributed by atoms with E-state index in [4.69, 9.17) is 16.3 Å². The van der Waals surface area contributed by atoms with Gasteiger partial charge in [0.2, 0.25) is 0 Å². The van der Waals surface area contributed by atoms with Crippen molar-refractivity contribution in [2.24, 2.45) is 5.92 Å². The summed E-state index contributed by atoms with van der Waals surface area (Å²) in [5.41, 5.74) is 2.13. The monoisotopic (exact) mass is 264 g/mol. The molecule has 0 unspecified atom stereocenters. The van der Waals surface area contributed by atoms with Crippen LogP contribution in [-0.2, 0) is 17.6 Å². The largest absolute Gasteiger partial charge is 0.493 e. The van der Waals surface area contributed by atoms with Crippen LogP contribution < -0.4 is 4.74 Å². The van der Waals surface area contributed by atoms with Gasteiger partial charge in [0.25, 0.3) is 0 Å². The van der Waals surface area contributed by atoms with Gasteiger partial charge in [-0.3, -0.25) is 4.79 Å². The Bertz CT molecular complexity index is 476. The van der Waals surface area contributed by atoms with E-state index in [0.29, 0.717) is 23.8 Å². The molecular formula is C15H17ClO2. The van der Waals surface area contributed by atoms with Crippen molar-refractivity contribution in [1.29, 1.82) is 0 Å². The third-order valence-corrected chi connectivity index (χ3v) is 4.22. The number of Topliss-reactive ketones (excluding diaryl/α,β-unsaturated/α-hetero) is 1. The molecular weight excluding hydrogens is 248 g/mol. The topological polar surface area (TPSA) is 26.3 Å². The smallest absolute Gasteiger partial charge is 0.140 e. The molecule has 1 aromatic carbocycles. The predicted molar refractivity (Wildman–Crippen MR) is 71.3 cm³/mol. The highest BCUT2D eigenvalue weighted by molar-refractivity contribution is 6.30. The molecule has 0 amide bonds. The average molecular weight is 265 g/mol. The Morgan fingerprint density at radius 1 is 1.33 bits per heavy atom. The van der Waals surface area contributed by atoms with Crippen molar-refractivity contribution < 1.29 is 9.53 Å². The van der Waals surface area contributed by atoms with Gasteiger partial charge < -0.3 is 4.74 Å². The van der Waals surface area contributed by atoms with E-state index < -0.39 is 0 Å². The molecule has 1 saturated carbocycles. The molecule has 0 bridgehead atoms. The molecule has 1 aliphatic heterocycles. The van der Waals surface area contributed by atoms with E-state index in [1.807, 2.05) is 12.1 Å². The van der Waals surface area contributed by atoms with Crippen LogP contribution in [0.2, 0.25) is 5.02 Å². The molecule has 0 saturated heterocycles. The zero-order valence-electron chi connectivity index (χ0n) is 10.4. The van der Waals surface area contributed by atoms with Crippen LogP contribution >= 0.6 is 11.6 Å². The average Bonchev–Trinajstić information content (AvgIpc) is 2.98. The molecule has 1 fully saturated rings. The molecule has 2 aliphatic rings. The number of fused-ring (bicyclic) bond motifs is 1. The van der Waals surface area contributed by atoms with Crippen molar-refractivity contribution in [1.82, 2.24) is 0 Å². The molecule has 0 radical (unpaired) electrons. The number of ether oxygens (including phenoxy) is 1. The van der Waals surface area contributed by atoms with Gasteiger partial charge in [-0.1, -0.05) is 24.4 Å². The van der Waals surface area contributed by atoms with Crippen molar-refractivity contribution in [3.8, 4) is 5.75 Å². The van der Waals surface area contributed by atoms with Crippen molar-refractivity contribution >= 4 is 17.4 Å². The maximum atomic E-state index is 12.2. The third kappa shape index (κ3) is 2.26. The Hall–Kier alpha value is -1.02. The molecule has 3 heteroatoms. The van der Waals surface area contributed by atoms with E-state index in [2.05, 4.69) is 0 Å². The fourth-order valence-corrected chi connectivity index (χ4v) is 3.32. The van der Waals surface area contributed by atoms with Crippen LogP contribution in [0.3, 0.4) is 0 Å².